The first-order valence-corrected chi connectivity index (χ1v) is 3.53. The summed E-state index contributed by atoms with van der Waals surface area (Å²) < 4.78 is 8.81. The van der Waals surface area contributed by atoms with Gasteiger partial charge in [-0.1, -0.05) is 0 Å². The molecule has 0 aliphatic heterocycles. The Bertz CT molecular complexity index is 203. The molecule has 0 amide bonds. The number of hydrogen-bond acceptors (Lipinski definition) is 6. The molecule has 0 bridgehead atoms. The van der Waals surface area contributed by atoms with Gasteiger partial charge in [-0.15, -0.1) is 5.16 Å². The van der Waals surface area contributed by atoms with E-state index in [1.54, 1.807) is 6.92 Å². The van der Waals surface area contributed by atoms with Crippen molar-refractivity contribution < 1.29 is 23.9 Å². The van der Waals surface area contributed by atoms with E-state index >= 15 is 0 Å². The molecule has 0 aromatic rings. The SMILES string of the molecule is C=NOC(C(=O)OC)C(=O)OCC. The van der Waals surface area contributed by atoms with Gasteiger partial charge in [-0.05, 0) is 6.92 Å². The van der Waals surface area contributed by atoms with Crippen LogP contribution < -0.4 is 0 Å². The number of ether oxygens (including phenoxy) is 2. The summed E-state index contributed by atoms with van der Waals surface area (Å²) in [5.74, 6) is -1.72. The van der Waals surface area contributed by atoms with Crippen LogP contribution in [0.4, 0.5) is 0 Å². The lowest BCUT2D eigenvalue weighted by molar-refractivity contribution is -0.171. The molecule has 0 aliphatic carbocycles. The fourth-order valence-electron chi connectivity index (χ4n) is 0.582. The first-order valence-electron chi connectivity index (χ1n) is 3.53. The third-order valence-corrected chi connectivity index (χ3v) is 1.10. The Morgan fingerprint density at radius 1 is 1.46 bits per heavy atom. The number of methoxy groups -OCH3 is 1. The highest BCUT2D eigenvalue weighted by atomic mass is 16.7. The Hall–Kier alpha value is -1.59. The molecule has 74 valence electrons. The van der Waals surface area contributed by atoms with E-state index in [1.807, 2.05) is 0 Å². The van der Waals surface area contributed by atoms with Crippen molar-refractivity contribution in [3.05, 3.63) is 0 Å². The minimum atomic E-state index is -1.48. The summed E-state index contributed by atoms with van der Waals surface area (Å²) in [7, 11) is 1.13. The van der Waals surface area contributed by atoms with Crippen LogP contribution in [-0.2, 0) is 23.9 Å². The maximum atomic E-state index is 11.0. The molecule has 1 atom stereocenters. The van der Waals surface area contributed by atoms with Gasteiger partial charge in [0.1, 0.15) is 0 Å². The summed E-state index contributed by atoms with van der Waals surface area (Å²) in [6.45, 7) is 4.72. The molecule has 0 aliphatic rings. The Morgan fingerprint density at radius 3 is 2.46 bits per heavy atom. The van der Waals surface area contributed by atoms with Crippen molar-refractivity contribution in [2.75, 3.05) is 13.7 Å². The molecule has 1 unspecified atom stereocenters. The first-order chi connectivity index (χ1) is 6.17. The van der Waals surface area contributed by atoms with Crippen molar-refractivity contribution >= 4 is 18.7 Å². The monoisotopic (exact) mass is 189 g/mol. The fraction of sp³-hybridized carbons (Fsp3) is 0.571. The Kier molecular flexibility index (Phi) is 5.25. The highest BCUT2D eigenvalue weighted by Gasteiger charge is 2.31. The molecule has 13 heavy (non-hydrogen) atoms. The number of carbonyl (C=O) groups excluding carboxylic acids is 2. The highest BCUT2D eigenvalue weighted by molar-refractivity contribution is 5.97. The van der Waals surface area contributed by atoms with Gasteiger partial charge < -0.3 is 14.3 Å². The second-order valence-electron chi connectivity index (χ2n) is 1.89. The van der Waals surface area contributed by atoms with Gasteiger partial charge in [-0.25, -0.2) is 9.59 Å². The van der Waals surface area contributed by atoms with Gasteiger partial charge in [0.15, 0.2) is 0 Å². The average molecular weight is 189 g/mol. The predicted octanol–water partition coefficient (Wildman–Crippen LogP) is -0.277. The van der Waals surface area contributed by atoms with E-state index in [2.05, 4.69) is 26.2 Å². The van der Waals surface area contributed by atoms with E-state index in [4.69, 9.17) is 0 Å². The van der Waals surface area contributed by atoms with E-state index in [0.29, 0.717) is 0 Å². The number of esters is 2. The Balaban J connectivity index is 4.30. The molecule has 0 saturated carbocycles. The molecule has 6 heteroatoms. The second kappa shape index (κ2) is 5.99. The van der Waals surface area contributed by atoms with Crippen LogP contribution in [0.15, 0.2) is 5.16 Å². The predicted molar refractivity (Wildman–Crippen MR) is 43.1 cm³/mol. The molecule has 0 N–H and O–H groups in total. The van der Waals surface area contributed by atoms with Crippen molar-refractivity contribution in [2.45, 2.75) is 13.0 Å². The lowest BCUT2D eigenvalue weighted by atomic mass is 10.4. The number of rotatable bonds is 5. The van der Waals surface area contributed by atoms with Gasteiger partial charge in [0, 0.05) is 6.72 Å². The number of oxime groups is 1. The average Bonchev–Trinajstić information content (AvgIpc) is 2.13. The summed E-state index contributed by atoms with van der Waals surface area (Å²) >= 11 is 0. The minimum Gasteiger partial charge on any atom is -0.466 e. The van der Waals surface area contributed by atoms with Gasteiger partial charge in [0.05, 0.1) is 13.7 Å². The van der Waals surface area contributed by atoms with Crippen LogP contribution in [-0.4, -0.2) is 38.5 Å². The molecule has 0 aromatic heterocycles. The van der Waals surface area contributed by atoms with E-state index in [9.17, 15) is 9.59 Å². The normalized spacial score (nSPS) is 11.2. The molecule has 0 radical (unpaired) electrons. The summed E-state index contributed by atoms with van der Waals surface area (Å²) in [6.07, 6.45) is -1.48. The van der Waals surface area contributed by atoms with Gasteiger partial charge in [0.2, 0.25) is 0 Å². The summed E-state index contributed by atoms with van der Waals surface area (Å²) in [5.41, 5.74) is 0. The molecule has 0 saturated heterocycles. The van der Waals surface area contributed by atoms with Gasteiger partial charge in [-0.2, -0.15) is 0 Å². The zero-order chi connectivity index (χ0) is 10.3. The topological polar surface area (TPSA) is 74.2 Å². The smallest absolute Gasteiger partial charge is 0.362 e. The number of hydrogen-bond donors (Lipinski definition) is 0. The number of carbonyl (C=O) groups is 2. The summed E-state index contributed by atoms with van der Waals surface area (Å²) in [6, 6.07) is 0. The second-order valence-corrected chi connectivity index (χ2v) is 1.89. The summed E-state index contributed by atoms with van der Waals surface area (Å²) in [4.78, 5) is 26.3. The summed E-state index contributed by atoms with van der Waals surface area (Å²) in [5, 5.41) is 2.96. The van der Waals surface area contributed by atoms with Crippen LogP contribution in [0.2, 0.25) is 0 Å². The Labute approximate surface area is 75.4 Å². The van der Waals surface area contributed by atoms with Crippen LogP contribution in [0.1, 0.15) is 6.92 Å². The van der Waals surface area contributed by atoms with Gasteiger partial charge >= 0.3 is 18.0 Å². The lowest BCUT2D eigenvalue weighted by Crippen LogP contribution is -2.34. The molecule has 0 heterocycles. The van der Waals surface area contributed by atoms with Crippen LogP contribution in [0, 0.1) is 0 Å². The van der Waals surface area contributed by atoms with Crippen molar-refractivity contribution in [3.8, 4) is 0 Å². The highest BCUT2D eigenvalue weighted by Crippen LogP contribution is 1.98. The van der Waals surface area contributed by atoms with Gasteiger partial charge in [0.25, 0.3) is 0 Å². The van der Waals surface area contributed by atoms with E-state index in [0.717, 1.165) is 7.11 Å². The van der Waals surface area contributed by atoms with Crippen LogP contribution in [0.5, 0.6) is 0 Å². The van der Waals surface area contributed by atoms with Gasteiger partial charge in [-0.3, -0.25) is 0 Å². The van der Waals surface area contributed by atoms with Crippen molar-refractivity contribution in [3.63, 3.8) is 0 Å². The van der Waals surface area contributed by atoms with Crippen LogP contribution >= 0.6 is 0 Å². The standard InChI is InChI=1S/C7H11NO5/c1-4-12-7(10)5(13-8-2)6(9)11-3/h5H,2,4H2,1,3H3. The van der Waals surface area contributed by atoms with E-state index in [1.165, 1.54) is 0 Å². The molecule has 6 nitrogen and oxygen atoms in total. The fourth-order valence-corrected chi connectivity index (χ4v) is 0.582. The quantitative estimate of drug-likeness (QED) is 0.257. The molecule has 0 aromatic carbocycles. The van der Waals surface area contributed by atoms with E-state index in [-0.39, 0.29) is 6.61 Å². The molecular formula is C7H11NO5. The maximum absolute atomic E-state index is 11.0. The van der Waals surface area contributed by atoms with Crippen LogP contribution in [0.3, 0.4) is 0 Å². The largest absolute Gasteiger partial charge is 0.466 e. The third-order valence-electron chi connectivity index (χ3n) is 1.10. The molecule has 0 spiro atoms. The Morgan fingerprint density at radius 2 is 2.08 bits per heavy atom. The molecule has 0 fully saturated rings. The zero-order valence-electron chi connectivity index (χ0n) is 7.48. The van der Waals surface area contributed by atoms with Crippen molar-refractivity contribution in [1.82, 2.24) is 0 Å². The molecule has 0 rings (SSSR count). The first kappa shape index (κ1) is 11.4. The third kappa shape index (κ3) is 3.55. The zero-order valence-corrected chi connectivity index (χ0v) is 7.48. The van der Waals surface area contributed by atoms with Crippen molar-refractivity contribution in [2.24, 2.45) is 5.16 Å². The maximum Gasteiger partial charge on any atom is 0.362 e. The molecular weight excluding hydrogens is 178 g/mol. The van der Waals surface area contributed by atoms with Crippen molar-refractivity contribution in [1.29, 1.82) is 0 Å². The van der Waals surface area contributed by atoms with Crippen LogP contribution in [0.25, 0.3) is 0 Å². The lowest BCUT2D eigenvalue weighted by Gasteiger charge is -2.10. The number of nitrogens with zero attached hydrogens (tertiary/aromatic N) is 1. The van der Waals surface area contributed by atoms with E-state index < -0.39 is 18.0 Å². The minimum absolute atomic E-state index is 0.146.